The van der Waals surface area contributed by atoms with E-state index < -0.39 is 0 Å². The molecular weight excluding hydrogens is 277 g/mol. The second-order valence-electron chi connectivity index (χ2n) is 4.54. The number of halogens is 2. The van der Waals surface area contributed by atoms with Crippen molar-refractivity contribution in [3.05, 3.63) is 70.0 Å². The van der Waals surface area contributed by atoms with E-state index in [0.717, 1.165) is 11.1 Å². The van der Waals surface area contributed by atoms with Crippen LogP contribution in [0.2, 0.25) is 5.02 Å². The van der Waals surface area contributed by atoms with Crippen LogP contribution in [0.5, 0.6) is 0 Å². The van der Waals surface area contributed by atoms with Crippen molar-refractivity contribution in [2.45, 2.75) is 19.7 Å². The summed E-state index contributed by atoms with van der Waals surface area (Å²) in [4.78, 5) is 0. The van der Waals surface area contributed by atoms with Crippen LogP contribution in [0.15, 0.2) is 42.5 Å². The van der Waals surface area contributed by atoms with E-state index in [-0.39, 0.29) is 5.82 Å². The number of methoxy groups -OCH3 is 1. The van der Waals surface area contributed by atoms with E-state index in [2.05, 4.69) is 11.4 Å². The molecule has 0 bridgehead atoms. The highest BCUT2D eigenvalue weighted by atomic mass is 35.5. The number of hydrogen-bond acceptors (Lipinski definition) is 2. The first-order valence-corrected chi connectivity index (χ1v) is 6.79. The number of hydrogen-bond donors (Lipinski definition) is 1. The minimum absolute atomic E-state index is 0.316. The molecule has 0 aliphatic carbocycles. The van der Waals surface area contributed by atoms with Crippen LogP contribution in [0.4, 0.5) is 4.39 Å². The highest BCUT2D eigenvalue weighted by molar-refractivity contribution is 6.31. The molecule has 1 N–H and O–H groups in total. The van der Waals surface area contributed by atoms with Crippen LogP contribution in [0.1, 0.15) is 16.7 Å². The van der Waals surface area contributed by atoms with Crippen molar-refractivity contribution >= 4 is 11.6 Å². The van der Waals surface area contributed by atoms with Gasteiger partial charge < -0.3 is 10.1 Å². The van der Waals surface area contributed by atoms with Gasteiger partial charge in [-0.1, -0.05) is 41.9 Å². The summed E-state index contributed by atoms with van der Waals surface area (Å²) in [5.41, 5.74) is 3.23. The topological polar surface area (TPSA) is 21.3 Å². The Kier molecular flexibility index (Phi) is 5.53. The Labute approximate surface area is 123 Å². The third-order valence-electron chi connectivity index (χ3n) is 3.06. The highest BCUT2D eigenvalue weighted by Crippen LogP contribution is 2.17. The molecular formula is C16H17ClFNO. The van der Waals surface area contributed by atoms with Crippen LogP contribution in [0, 0.1) is 5.82 Å². The van der Waals surface area contributed by atoms with E-state index in [9.17, 15) is 4.39 Å². The van der Waals surface area contributed by atoms with Crippen LogP contribution in [-0.2, 0) is 24.4 Å². The van der Waals surface area contributed by atoms with E-state index in [1.807, 2.05) is 18.2 Å². The summed E-state index contributed by atoms with van der Waals surface area (Å²) in [7, 11) is 1.68. The summed E-state index contributed by atoms with van der Waals surface area (Å²) in [6.07, 6.45) is 0. The molecule has 2 aromatic rings. The summed E-state index contributed by atoms with van der Waals surface area (Å²) in [6, 6.07) is 12.6. The van der Waals surface area contributed by atoms with Crippen LogP contribution >= 0.6 is 11.6 Å². The molecule has 20 heavy (non-hydrogen) atoms. The zero-order valence-corrected chi connectivity index (χ0v) is 12.1. The Bertz CT molecular complexity index is 574. The Morgan fingerprint density at radius 1 is 1.05 bits per heavy atom. The predicted octanol–water partition coefficient (Wildman–Crippen LogP) is 3.92. The van der Waals surface area contributed by atoms with Gasteiger partial charge in [0.25, 0.3) is 0 Å². The maximum atomic E-state index is 13.0. The second kappa shape index (κ2) is 7.39. The van der Waals surface area contributed by atoms with Gasteiger partial charge in [-0.25, -0.2) is 4.39 Å². The fourth-order valence-corrected chi connectivity index (χ4v) is 2.26. The molecule has 0 radical (unpaired) electrons. The number of ether oxygens (including phenoxy) is 1. The molecule has 0 heterocycles. The maximum Gasteiger partial charge on any atom is 0.124 e. The largest absolute Gasteiger partial charge is 0.380 e. The third-order valence-corrected chi connectivity index (χ3v) is 3.42. The molecule has 0 spiro atoms. The molecule has 0 aliphatic heterocycles. The van der Waals surface area contributed by atoms with Gasteiger partial charge in [0.15, 0.2) is 0 Å². The molecule has 0 aliphatic rings. The average Bonchev–Trinajstić information content (AvgIpc) is 2.43. The number of rotatable bonds is 6. The van der Waals surface area contributed by atoms with E-state index in [1.54, 1.807) is 13.2 Å². The molecule has 2 rings (SSSR count). The fraction of sp³-hybridized carbons (Fsp3) is 0.250. The molecule has 106 valence electrons. The Morgan fingerprint density at radius 2 is 1.75 bits per heavy atom. The monoisotopic (exact) mass is 293 g/mol. The van der Waals surface area contributed by atoms with Gasteiger partial charge in [-0.15, -0.1) is 0 Å². The van der Waals surface area contributed by atoms with Gasteiger partial charge in [0.2, 0.25) is 0 Å². The highest BCUT2D eigenvalue weighted by Gasteiger charge is 2.04. The fourth-order valence-electron chi connectivity index (χ4n) is 2.02. The lowest BCUT2D eigenvalue weighted by atomic mass is 10.1. The lowest BCUT2D eigenvalue weighted by Gasteiger charge is -2.11. The van der Waals surface area contributed by atoms with E-state index in [0.29, 0.717) is 24.7 Å². The Balaban J connectivity index is 1.96. The molecule has 0 amide bonds. The Morgan fingerprint density at radius 3 is 2.45 bits per heavy atom. The molecule has 0 unspecified atom stereocenters. The Hall–Kier alpha value is -1.42. The first-order valence-electron chi connectivity index (χ1n) is 6.41. The minimum Gasteiger partial charge on any atom is -0.380 e. The van der Waals surface area contributed by atoms with Crippen molar-refractivity contribution in [1.82, 2.24) is 5.32 Å². The van der Waals surface area contributed by atoms with Gasteiger partial charge in [0.1, 0.15) is 5.82 Å². The van der Waals surface area contributed by atoms with Gasteiger partial charge in [0.05, 0.1) is 6.61 Å². The lowest BCUT2D eigenvalue weighted by Crippen LogP contribution is -2.14. The van der Waals surface area contributed by atoms with Crippen molar-refractivity contribution in [3.8, 4) is 0 Å². The molecule has 0 saturated heterocycles. The van der Waals surface area contributed by atoms with Crippen molar-refractivity contribution in [2.75, 3.05) is 7.11 Å². The quantitative estimate of drug-likeness (QED) is 0.872. The molecule has 0 fully saturated rings. The first kappa shape index (κ1) is 15.0. The van der Waals surface area contributed by atoms with Crippen molar-refractivity contribution < 1.29 is 9.13 Å². The van der Waals surface area contributed by atoms with Gasteiger partial charge >= 0.3 is 0 Å². The molecule has 0 atom stereocenters. The van der Waals surface area contributed by atoms with Crippen LogP contribution in [0.3, 0.4) is 0 Å². The lowest BCUT2D eigenvalue weighted by molar-refractivity contribution is 0.184. The predicted molar refractivity (Wildman–Crippen MR) is 79.1 cm³/mol. The minimum atomic E-state index is -0.316. The standard InChI is InChI=1S/C16H17ClFNO/c1-20-11-14-5-3-2-4-12(14)9-19-10-13-6-7-15(18)8-16(13)17/h2-8,19H,9-11H2,1H3. The van der Waals surface area contributed by atoms with E-state index in [4.69, 9.17) is 16.3 Å². The zero-order chi connectivity index (χ0) is 14.4. The zero-order valence-electron chi connectivity index (χ0n) is 11.3. The summed E-state index contributed by atoms with van der Waals surface area (Å²) < 4.78 is 18.1. The van der Waals surface area contributed by atoms with Gasteiger partial charge in [0, 0.05) is 25.2 Å². The maximum absolute atomic E-state index is 13.0. The second-order valence-corrected chi connectivity index (χ2v) is 4.95. The number of benzene rings is 2. The number of nitrogens with one attached hydrogen (secondary N) is 1. The smallest absolute Gasteiger partial charge is 0.124 e. The van der Waals surface area contributed by atoms with E-state index >= 15 is 0 Å². The third kappa shape index (κ3) is 4.04. The summed E-state index contributed by atoms with van der Waals surface area (Å²) in [5, 5.41) is 3.76. The summed E-state index contributed by atoms with van der Waals surface area (Å²) >= 11 is 5.99. The van der Waals surface area contributed by atoms with Crippen molar-refractivity contribution in [1.29, 1.82) is 0 Å². The SMILES string of the molecule is COCc1ccccc1CNCc1ccc(F)cc1Cl. The van der Waals surface area contributed by atoms with Crippen molar-refractivity contribution in [2.24, 2.45) is 0 Å². The van der Waals surface area contributed by atoms with Crippen molar-refractivity contribution in [3.63, 3.8) is 0 Å². The average molecular weight is 294 g/mol. The molecule has 2 aromatic carbocycles. The van der Waals surface area contributed by atoms with Gasteiger partial charge in [-0.2, -0.15) is 0 Å². The molecule has 0 aromatic heterocycles. The van der Waals surface area contributed by atoms with E-state index in [1.165, 1.54) is 17.7 Å². The van der Waals surface area contributed by atoms with Gasteiger partial charge in [-0.05, 0) is 28.8 Å². The van der Waals surface area contributed by atoms with Crippen LogP contribution in [0.25, 0.3) is 0 Å². The normalized spacial score (nSPS) is 10.8. The summed E-state index contributed by atoms with van der Waals surface area (Å²) in [5.74, 6) is -0.316. The molecule has 2 nitrogen and oxygen atoms in total. The van der Waals surface area contributed by atoms with Crippen LogP contribution < -0.4 is 5.32 Å². The van der Waals surface area contributed by atoms with Crippen LogP contribution in [-0.4, -0.2) is 7.11 Å². The molecule has 4 heteroatoms. The molecule has 0 saturated carbocycles. The first-order chi connectivity index (χ1) is 9.70. The summed E-state index contributed by atoms with van der Waals surface area (Å²) in [6.45, 7) is 1.91. The van der Waals surface area contributed by atoms with Gasteiger partial charge in [-0.3, -0.25) is 0 Å².